The van der Waals surface area contributed by atoms with Gasteiger partial charge >= 0.3 is 11.9 Å². The highest BCUT2D eigenvalue weighted by molar-refractivity contribution is 7.88. The molecule has 0 aliphatic rings. The van der Waals surface area contributed by atoms with E-state index >= 15 is 0 Å². The molecule has 406 valence electrons. The van der Waals surface area contributed by atoms with E-state index in [2.05, 4.69) is 31.1 Å². The Morgan fingerprint density at radius 3 is 0.897 bits per heavy atom. The van der Waals surface area contributed by atoms with Crippen molar-refractivity contribution in [3.8, 4) is 0 Å². The van der Waals surface area contributed by atoms with E-state index in [0.717, 1.165) is 72.8 Å². The van der Waals surface area contributed by atoms with Crippen LogP contribution in [0.5, 0.6) is 0 Å². The van der Waals surface area contributed by atoms with E-state index in [1.165, 1.54) is 0 Å². The Kier molecular flexibility index (Phi) is 15.1. The number of amides is 2. The van der Waals surface area contributed by atoms with Crippen LogP contribution in [0.4, 0.5) is 34.1 Å². The first kappa shape index (κ1) is 57.3. The van der Waals surface area contributed by atoms with Gasteiger partial charge in [0.05, 0.1) is 55.0 Å². The molecule has 0 bridgehead atoms. The summed E-state index contributed by atoms with van der Waals surface area (Å²) in [6, 6.07) is 15.0. The largest absolute Gasteiger partial charge is 0.478 e. The van der Waals surface area contributed by atoms with Crippen molar-refractivity contribution in [3.63, 3.8) is 0 Å². The lowest BCUT2D eigenvalue weighted by atomic mass is 10.1. The average Bonchev–Trinajstić information content (AvgIpc) is 3.32. The normalized spacial score (nSPS) is 12.8. The maximum atomic E-state index is 13.3. The molecule has 0 aromatic heterocycles. The van der Waals surface area contributed by atoms with E-state index in [-0.39, 0.29) is 33.9 Å². The zero-order valence-corrected chi connectivity index (χ0v) is 42.6. The number of hydrogen-bond donors (Lipinski definition) is 10. The summed E-state index contributed by atoms with van der Waals surface area (Å²) in [5.41, 5.74) is -3.84. The molecular formula is C42H28N6O24S6. The van der Waals surface area contributed by atoms with Crippen LogP contribution in [0, 0.1) is 0 Å². The molecule has 78 heavy (non-hydrogen) atoms. The third-order valence-electron chi connectivity index (χ3n) is 10.5. The van der Waals surface area contributed by atoms with Crippen LogP contribution in [0.2, 0.25) is 0 Å². The van der Waals surface area contributed by atoms with Gasteiger partial charge in [0.25, 0.3) is 72.5 Å². The van der Waals surface area contributed by atoms with Gasteiger partial charge in [-0.25, -0.2) is 9.59 Å². The van der Waals surface area contributed by atoms with Crippen LogP contribution >= 0.6 is 0 Å². The molecule has 0 atom stereocenters. The van der Waals surface area contributed by atoms with Gasteiger partial charge in [-0.3, -0.25) is 36.9 Å². The van der Waals surface area contributed by atoms with E-state index < -0.39 is 158 Å². The molecule has 7 rings (SSSR count). The minimum absolute atomic E-state index is 0.154. The fraction of sp³-hybridized carbons (Fsp3) is 0. The Bertz CT molecular complexity index is 4300. The number of anilines is 2. The van der Waals surface area contributed by atoms with Crippen molar-refractivity contribution in [1.82, 2.24) is 0 Å². The number of carboxylic acids is 2. The van der Waals surface area contributed by atoms with E-state index in [0.29, 0.717) is 36.4 Å². The van der Waals surface area contributed by atoms with Crippen molar-refractivity contribution in [2.24, 2.45) is 20.5 Å². The number of aromatic carboxylic acids is 2. The first-order valence-electron chi connectivity index (χ1n) is 20.3. The maximum Gasteiger partial charge on any atom is 0.337 e. The van der Waals surface area contributed by atoms with Crippen LogP contribution in [0.1, 0.15) is 41.4 Å². The second kappa shape index (κ2) is 20.5. The Balaban J connectivity index is 1.09. The molecule has 7 aromatic carbocycles. The van der Waals surface area contributed by atoms with Crippen LogP contribution < -0.4 is 10.6 Å². The summed E-state index contributed by atoms with van der Waals surface area (Å²) in [4.78, 5) is 44.0. The Morgan fingerprint density at radius 2 is 0.615 bits per heavy atom. The fourth-order valence-corrected chi connectivity index (χ4v) is 11.2. The van der Waals surface area contributed by atoms with Gasteiger partial charge in [-0.1, -0.05) is 0 Å². The molecule has 0 saturated carbocycles. The minimum atomic E-state index is -5.36. The number of azo groups is 2. The van der Waals surface area contributed by atoms with Crippen LogP contribution in [-0.4, -0.2) is 112 Å². The smallest absolute Gasteiger partial charge is 0.337 e. The summed E-state index contributed by atoms with van der Waals surface area (Å²) in [5.74, 6) is -5.12. The lowest BCUT2D eigenvalue weighted by molar-refractivity contribution is 0.0687. The van der Waals surface area contributed by atoms with E-state index in [9.17, 15) is 107 Å². The monoisotopic (exact) mass is 1190 g/mol. The topological polar surface area (TPSA) is 508 Å². The van der Waals surface area contributed by atoms with Gasteiger partial charge in [-0.2, -0.15) is 71.0 Å². The molecule has 0 fully saturated rings. The summed E-state index contributed by atoms with van der Waals surface area (Å²) in [6.07, 6.45) is 0. The van der Waals surface area contributed by atoms with Gasteiger partial charge in [-0.15, -0.1) is 0 Å². The molecule has 0 heterocycles. The van der Waals surface area contributed by atoms with Gasteiger partial charge in [0.15, 0.2) is 0 Å². The van der Waals surface area contributed by atoms with Gasteiger partial charge in [-0.05, 0) is 109 Å². The highest BCUT2D eigenvalue weighted by Gasteiger charge is 2.28. The number of rotatable bonds is 16. The molecule has 0 unspecified atom stereocenters. The Morgan fingerprint density at radius 1 is 0.333 bits per heavy atom. The number of carbonyl (C=O) groups is 4. The van der Waals surface area contributed by atoms with E-state index in [1.54, 1.807) is 0 Å². The van der Waals surface area contributed by atoms with Crippen molar-refractivity contribution in [3.05, 3.63) is 131 Å². The number of nitrogens with one attached hydrogen (secondary N) is 2. The molecular weight excluding hydrogens is 1160 g/mol. The maximum absolute atomic E-state index is 13.3. The number of nitrogens with zero attached hydrogens (tertiary/aromatic N) is 4. The lowest BCUT2D eigenvalue weighted by Crippen LogP contribution is -2.16. The van der Waals surface area contributed by atoms with Crippen molar-refractivity contribution < 1.29 is 107 Å². The molecule has 7 aromatic rings. The second-order valence-corrected chi connectivity index (χ2v) is 24.1. The van der Waals surface area contributed by atoms with Crippen molar-refractivity contribution in [2.75, 3.05) is 10.6 Å². The van der Waals surface area contributed by atoms with E-state index in [4.69, 9.17) is 0 Å². The van der Waals surface area contributed by atoms with Crippen LogP contribution in [0.15, 0.2) is 159 Å². The quantitative estimate of drug-likeness (QED) is 0.0380. The van der Waals surface area contributed by atoms with Crippen LogP contribution in [0.3, 0.4) is 0 Å². The number of carboxylic acid groups (broad SMARTS) is 2. The lowest BCUT2D eigenvalue weighted by Gasteiger charge is -2.11. The zero-order chi connectivity index (χ0) is 57.8. The fourth-order valence-electron chi connectivity index (χ4n) is 7.13. The SMILES string of the molecule is O=C(Nc1ccc(N=Nc2cc(S(=O)(=O)O)c3cc(S(=O)(=O)O)cc(S(=O)(=O)O)c3c2)cc1C(=O)O)c1ccc(C(=O)Nc2ccc(N=Nc3cc(S(=O)(=O)O)c4cc(S(=O)(=O)O)cc(S(=O)(=O)O)c4c3)cc2C(=O)O)cc1. The molecule has 0 spiro atoms. The minimum Gasteiger partial charge on any atom is -0.478 e. The molecule has 0 radical (unpaired) electrons. The molecule has 2 amide bonds. The highest BCUT2D eigenvalue weighted by Crippen LogP contribution is 2.38. The van der Waals surface area contributed by atoms with Crippen molar-refractivity contribution >= 4 is 140 Å². The molecule has 0 aliphatic carbocycles. The molecule has 36 heteroatoms. The first-order valence-corrected chi connectivity index (χ1v) is 28.9. The summed E-state index contributed by atoms with van der Waals surface area (Å²) in [6.45, 7) is 0. The number of hydrogen-bond acceptors (Lipinski definition) is 20. The van der Waals surface area contributed by atoms with Crippen LogP contribution in [-0.2, 0) is 60.7 Å². The molecule has 30 nitrogen and oxygen atoms in total. The standard InChI is InChI=1S/C42H28N6O24S6/c49-39(43-33-7-5-21(9-31(33)41(51)52)45-47-23-11-27-29(35(13-23)75(61,62)63)15-25(73(55,56)57)17-37(27)77(67,68)69)19-1-2-20(4-3-19)40(50)44-34-8-6-22(10-32(34)42(53)54)46-48-24-12-28-30(36(14-24)76(64,65)66)16-26(74(58,59)60)18-38(28)78(70,71)72/h1-18H,(H,43,49)(H,44,50)(H,51,52)(H,53,54)(H,55,56,57)(H,58,59,60)(H,61,62,63)(H,64,65,66)(H,67,68,69)(H,70,71,72). The molecule has 0 saturated heterocycles. The van der Waals surface area contributed by atoms with Gasteiger partial charge in [0.1, 0.15) is 19.6 Å². The Hall–Kier alpha value is -8.40. The predicted molar refractivity (Wildman–Crippen MR) is 264 cm³/mol. The van der Waals surface area contributed by atoms with Crippen molar-refractivity contribution in [1.29, 1.82) is 0 Å². The first-order chi connectivity index (χ1) is 35.9. The van der Waals surface area contributed by atoms with Gasteiger partial charge < -0.3 is 20.8 Å². The number of fused-ring (bicyclic) bond motifs is 2. The average molecular weight is 1190 g/mol. The molecule has 0 aliphatic heterocycles. The third-order valence-corrected chi connectivity index (χ3v) is 15.8. The number of benzene rings is 7. The van der Waals surface area contributed by atoms with Crippen molar-refractivity contribution in [2.45, 2.75) is 29.4 Å². The molecule has 10 N–H and O–H groups in total. The summed E-state index contributed by atoms with van der Waals surface area (Å²) < 4.78 is 204. The summed E-state index contributed by atoms with van der Waals surface area (Å²) in [7, 11) is -31.8. The van der Waals surface area contributed by atoms with Gasteiger partial charge in [0, 0.05) is 32.7 Å². The summed E-state index contributed by atoms with van der Waals surface area (Å²) in [5, 5.41) is 36.6. The number of carbonyl (C=O) groups excluding carboxylic acids is 2. The second-order valence-electron chi connectivity index (χ2n) is 15.7. The van der Waals surface area contributed by atoms with Crippen LogP contribution in [0.25, 0.3) is 21.5 Å². The van der Waals surface area contributed by atoms with E-state index in [1.807, 2.05) is 0 Å². The van der Waals surface area contributed by atoms with Gasteiger partial charge in [0.2, 0.25) is 0 Å². The predicted octanol–water partition coefficient (Wildman–Crippen LogP) is 6.21. The third kappa shape index (κ3) is 12.7. The highest BCUT2D eigenvalue weighted by atomic mass is 32.2. The Labute approximate surface area is 436 Å². The zero-order valence-electron chi connectivity index (χ0n) is 37.7. The summed E-state index contributed by atoms with van der Waals surface area (Å²) >= 11 is 0.